The molecule has 0 spiro atoms. The minimum absolute atomic E-state index is 0. The second-order valence-electron chi connectivity index (χ2n) is 12.7. The zero-order valence-electron chi connectivity index (χ0n) is 27.1. The molecule has 0 heterocycles. The smallest absolute Gasteiger partial charge is 0.142 e. The molecule has 0 unspecified atom stereocenters. The number of fused-ring (bicyclic) bond motifs is 6. The van der Waals surface area contributed by atoms with Crippen LogP contribution in [0.4, 0.5) is 0 Å². The fourth-order valence-electron chi connectivity index (χ4n) is 8.71. The molecule has 0 N–H and O–H groups in total. The van der Waals surface area contributed by atoms with E-state index < -0.39 is 0 Å². The van der Waals surface area contributed by atoms with E-state index in [2.05, 4.69) is 125 Å². The molecular formula is C40H50Br2N2. The quantitative estimate of drug-likeness (QED) is 0.146. The number of hydrogen-bond acceptors (Lipinski definition) is 0. The first kappa shape index (κ1) is 34.6. The van der Waals surface area contributed by atoms with Crippen molar-refractivity contribution in [2.75, 3.05) is 39.3 Å². The highest BCUT2D eigenvalue weighted by Gasteiger charge is 2.44. The Hall–Kier alpha value is -2.24. The van der Waals surface area contributed by atoms with Gasteiger partial charge in [0.1, 0.15) is 12.1 Å². The lowest BCUT2D eigenvalue weighted by Gasteiger charge is -2.44. The molecule has 4 aromatic rings. The van der Waals surface area contributed by atoms with Crippen molar-refractivity contribution in [1.29, 1.82) is 0 Å². The van der Waals surface area contributed by atoms with E-state index in [4.69, 9.17) is 0 Å². The van der Waals surface area contributed by atoms with Crippen LogP contribution in [-0.4, -0.2) is 48.2 Å². The van der Waals surface area contributed by atoms with Gasteiger partial charge in [-0.1, -0.05) is 97.1 Å². The molecule has 0 fully saturated rings. The average molecular weight is 719 g/mol. The lowest BCUT2D eigenvalue weighted by molar-refractivity contribution is -0.949. The maximum Gasteiger partial charge on any atom is 0.142 e. The summed E-state index contributed by atoms with van der Waals surface area (Å²) in [7, 11) is 0. The SMILES string of the molecule is CC[N+](CC)(CCCCCC[N+](CC)(CC)C1c2ccccc2-c2ccccc21)C1c2ccccc2-c2ccccc21.[Br-].[Br-]. The minimum Gasteiger partial charge on any atom is -1.00 e. The summed E-state index contributed by atoms with van der Waals surface area (Å²) in [6.45, 7) is 16.9. The molecule has 234 valence electrons. The lowest BCUT2D eigenvalue weighted by Crippen LogP contribution is -3.00. The van der Waals surface area contributed by atoms with Crippen LogP contribution in [-0.2, 0) is 0 Å². The van der Waals surface area contributed by atoms with Gasteiger partial charge in [0.25, 0.3) is 0 Å². The molecule has 2 aliphatic carbocycles. The maximum atomic E-state index is 2.42. The molecule has 0 saturated heterocycles. The summed E-state index contributed by atoms with van der Waals surface area (Å²) in [6, 6.07) is 37.6. The molecule has 0 atom stereocenters. The van der Waals surface area contributed by atoms with E-state index >= 15 is 0 Å². The monoisotopic (exact) mass is 716 g/mol. The van der Waals surface area contributed by atoms with Crippen LogP contribution in [0.3, 0.4) is 0 Å². The van der Waals surface area contributed by atoms with Crippen molar-refractivity contribution in [3.05, 3.63) is 119 Å². The van der Waals surface area contributed by atoms with Gasteiger partial charge in [0, 0.05) is 22.3 Å². The van der Waals surface area contributed by atoms with Gasteiger partial charge in [-0.05, 0) is 75.6 Å². The Labute approximate surface area is 287 Å². The van der Waals surface area contributed by atoms with Gasteiger partial charge >= 0.3 is 0 Å². The zero-order valence-corrected chi connectivity index (χ0v) is 30.3. The number of nitrogens with zero attached hydrogens (tertiary/aromatic N) is 2. The van der Waals surface area contributed by atoms with Crippen LogP contribution in [0.5, 0.6) is 0 Å². The van der Waals surface area contributed by atoms with E-state index in [1.165, 1.54) is 109 Å². The molecule has 0 saturated carbocycles. The van der Waals surface area contributed by atoms with Crippen molar-refractivity contribution < 1.29 is 42.9 Å². The third kappa shape index (κ3) is 5.88. The highest BCUT2D eigenvalue weighted by molar-refractivity contribution is 5.79. The number of unbranched alkanes of at least 4 members (excludes halogenated alkanes) is 3. The van der Waals surface area contributed by atoms with E-state index in [9.17, 15) is 0 Å². The third-order valence-electron chi connectivity index (χ3n) is 11.2. The van der Waals surface area contributed by atoms with Gasteiger partial charge in [-0.3, -0.25) is 0 Å². The first-order valence-electron chi connectivity index (χ1n) is 16.7. The van der Waals surface area contributed by atoms with Gasteiger partial charge in [-0.25, -0.2) is 0 Å². The predicted octanol–water partition coefficient (Wildman–Crippen LogP) is 3.81. The Bertz CT molecular complexity index is 1320. The Morgan fingerprint density at radius 1 is 0.386 bits per heavy atom. The summed E-state index contributed by atoms with van der Waals surface area (Å²) < 4.78 is 2.32. The molecule has 0 amide bonds. The van der Waals surface area contributed by atoms with Crippen LogP contribution >= 0.6 is 0 Å². The van der Waals surface area contributed by atoms with Crippen LogP contribution in [0.2, 0.25) is 0 Å². The Kier molecular flexibility index (Phi) is 11.7. The molecule has 0 bridgehead atoms. The van der Waals surface area contributed by atoms with Gasteiger partial charge in [-0.2, -0.15) is 0 Å². The third-order valence-corrected chi connectivity index (χ3v) is 11.2. The molecule has 6 rings (SSSR count). The van der Waals surface area contributed by atoms with Crippen molar-refractivity contribution in [1.82, 2.24) is 0 Å². The number of rotatable bonds is 13. The highest BCUT2D eigenvalue weighted by Crippen LogP contribution is 2.50. The van der Waals surface area contributed by atoms with Crippen LogP contribution in [0.1, 0.15) is 87.7 Å². The Morgan fingerprint density at radius 3 is 0.886 bits per heavy atom. The molecule has 2 nitrogen and oxygen atoms in total. The minimum atomic E-state index is 0. The average Bonchev–Trinajstić information content (AvgIpc) is 3.57. The van der Waals surface area contributed by atoms with Gasteiger partial charge < -0.3 is 42.9 Å². The van der Waals surface area contributed by atoms with Gasteiger partial charge in [0.05, 0.1) is 39.3 Å². The summed E-state index contributed by atoms with van der Waals surface area (Å²) in [6.07, 6.45) is 5.24. The number of quaternary nitrogens is 2. The van der Waals surface area contributed by atoms with E-state index in [1.807, 2.05) is 0 Å². The number of benzene rings is 4. The van der Waals surface area contributed by atoms with Crippen LogP contribution in [0, 0.1) is 0 Å². The molecule has 4 heteroatoms. The molecule has 4 aromatic carbocycles. The predicted molar refractivity (Wildman–Crippen MR) is 178 cm³/mol. The highest BCUT2D eigenvalue weighted by atomic mass is 79.9. The summed E-state index contributed by atoms with van der Waals surface area (Å²) in [4.78, 5) is 0. The molecule has 0 aliphatic heterocycles. The lowest BCUT2D eigenvalue weighted by atomic mass is 9.98. The summed E-state index contributed by atoms with van der Waals surface area (Å²) >= 11 is 0. The van der Waals surface area contributed by atoms with Gasteiger partial charge in [0.15, 0.2) is 0 Å². The Morgan fingerprint density at radius 2 is 0.636 bits per heavy atom. The summed E-state index contributed by atoms with van der Waals surface area (Å²) in [5.41, 5.74) is 11.9. The Balaban J connectivity index is 0.00000221. The van der Waals surface area contributed by atoms with Crippen LogP contribution in [0.25, 0.3) is 22.3 Å². The van der Waals surface area contributed by atoms with Crippen molar-refractivity contribution >= 4 is 0 Å². The van der Waals surface area contributed by atoms with Gasteiger partial charge in [-0.15, -0.1) is 0 Å². The van der Waals surface area contributed by atoms with Crippen molar-refractivity contribution in [2.45, 2.75) is 65.5 Å². The molecule has 0 aromatic heterocycles. The van der Waals surface area contributed by atoms with Crippen molar-refractivity contribution in [2.24, 2.45) is 0 Å². The summed E-state index contributed by atoms with van der Waals surface area (Å²) in [5.74, 6) is 0. The maximum absolute atomic E-state index is 2.42. The first-order valence-corrected chi connectivity index (χ1v) is 16.7. The zero-order chi connectivity index (χ0) is 29.2. The second-order valence-corrected chi connectivity index (χ2v) is 12.7. The van der Waals surface area contributed by atoms with Crippen molar-refractivity contribution in [3.63, 3.8) is 0 Å². The number of hydrogen-bond donors (Lipinski definition) is 0. The fourth-order valence-corrected chi connectivity index (χ4v) is 8.71. The van der Waals surface area contributed by atoms with Gasteiger partial charge in [0.2, 0.25) is 0 Å². The number of halogens is 2. The van der Waals surface area contributed by atoms with Crippen LogP contribution in [0.15, 0.2) is 97.1 Å². The largest absolute Gasteiger partial charge is 1.00 e. The van der Waals surface area contributed by atoms with E-state index in [0.29, 0.717) is 12.1 Å². The van der Waals surface area contributed by atoms with Crippen LogP contribution < -0.4 is 34.0 Å². The second kappa shape index (κ2) is 14.9. The molecule has 44 heavy (non-hydrogen) atoms. The molecule has 0 radical (unpaired) electrons. The van der Waals surface area contributed by atoms with E-state index in [-0.39, 0.29) is 34.0 Å². The van der Waals surface area contributed by atoms with Crippen molar-refractivity contribution in [3.8, 4) is 22.3 Å². The fraction of sp³-hybridized carbons (Fsp3) is 0.400. The molecular weight excluding hydrogens is 668 g/mol. The summed E-state index contributed by atoms with van der Waals surface area (Å²) in [5, 5.41) is 0. The van der Waals surface area contributed by atoms with E-state index in [0.717, 1.165) is 8.97 Å². The first-order chi connectivity index (χ1) is 20.6. The molecule has 2 aliphatic rings. The standard InChI is InChI=1S/C40H50N2.2BrH/c1-5-41(6-2,39-35-25-15-11-21-31(35)32-22-12-16-26-36(32)39)29-19-9-10-20-30-42(7-3,8-4)40-37-27-17-13-23-33(37)34-24-14-18-28-38(34)40;;/h11-18,21-28,39-40H,5-10,19-20,29-30H2,1-4H3;2*1H/q+2;;/p-2. The normalized spacial score (nSPS) is 13.8. The topological polar surface area (TPSA) is 0 Å². The van der Waals surface area contributed by atoms with E-state index in [1.54, 1.807) is 0 Å².